The van der Waals surface area contributed by atoms with Gasteiger partial charge in [0.05, 0.1) is 6.54 Å². The summed E-state index contributed by atoms with van der Waals surface area (Å²) in [5.74, 6) is -1.09. The third kappa shape index (κ3) is 2.93. The van der Waals surface area contributed by atoms with E-state index in [-0.39, 0.29) is 12.5 Å². The summed E-state index contributed by atoms with van der Waals surface area (Å²) < 4.78 is 0. The molecule has 0 aromatic heterocycles. The number of carbonyl (C=O) groups is 2. The average Bonchev–Trinajstić information content (AvgIpc) is 2.36. The molecule has 0 unspecified atom stereocenters. The second kappa shape index (κ2) is 5.40. The van der Waals surface area contributed by atoms with Crippen LogP contribution in [0.1, 0.15) is 11.1 Å². The Balaban J connectivity index is 2.26. The Hall–Kier alpha value is -1.88. The van der Waals surface area contributed by atoms with E-state index < -0.39 is 12.0 Å². The molecule has 0 radical (unpaired) electrons. The number of hydrogen-bond donors (Lipinski definition) is 1. The minimum atomic E-state index is -0.943. The van der Waals surface area contributed by atoms with Crippen LogP contribution >= 0.6 is 0 Å². The lowest BCUT2D eigenvalue weighted by Crippen LogP contribution is -2.50. The third-order valence-electron chi connectivity index (χ3n) is 3.31. The molecule has 5 heteroatoms. The van der Waals surface area contributed by atoms with E-state index >= 15 is 0 Å². The summed E-state index contributed by atoms with van der Waals surface area (Å²) in [5.41, 5.74) is 2.05. The van der Waals surface area contributed by atoms with Crippen LogP contribution in [0, 0.1) is 0 Å². The van der Waals surface area contributed by atoms with Gasteiger partial charge in [-0.05, 0) is 25.2 Å². The standard InChI is InChI=1S/C14H18N2O3/c1-15(2)9-13(17)16-8-11-6-4-3-5-10(11)7-12(16)14(18)19/h3-6,12H,7-9H2,1-2H3,(H,18,19)/t12-/m0/s1. The molecule has 0 bridgehead atoms. The largest absolute Gasteiger partial charge is 0.480 e. The molecule has 1 aliphatic rings. The lowest BCUT2D eigenvalue weighted by atomic mass is 9.94. The predicted molar refractivity (Wildman–Crippen MR) is 70.7 cm³/mol. The van der Waals surface area contributed by atoms with Crippen molar-refractivity contribution in [2.45, 2.75) is 19.0 Å². The van der Waals surface area contributed by atoms with E-state index in [1.165, 1.54) is 4.90 Å². The lowest BCUT2D eigenvalue weighted by Gasteiger charge is -2.35. The van der Waals surface area contributed by atoms with E-state index in [2.05, 4.69) is 0 Å². The number of benzene rings is 1. The number of carboxylic acid groups (broad SMARTS) is 1. The molecule has 0 saturated heterocycles. The van der Waals surface area contributed by atoms with E-state index in [0.29, 0.717) is 13.0 Å². The number of hydrogen-bond acceptors (Lipinski definition) is 3. The second-order valence-electron chi connectivity index (χ2n) is 5.09. The zero-order valence-corrected chi connectivity index (χ0v) is 11.2. The van der Waals surface area contributed by atoms with Gasteiger partial charge in [0.2, 0.25) is 5.91 Å². The molecule has 1 amide bonds. The molecule has 1 atom stereocenters. The number of carboxylic acids is 1. The summed E-state index contributed by atoms with van der Waals surface area (Å²) in [4.78, 5) is 26.7. The monoisotopic (exact) mass is 262 g/mol. The fraction of sp³-hybridized carbons (Fsp3) is 0.429. The molecule has 1 aromatic rings. The molecule has 0 saturated carbocycles. The topological polar surface area (TPSA) is 60.9 Å². The van der Waals surface area contributed by atoms with Gasteiger partial charge in [0.25, 0.3) is 0 Å². The van der Waals surface area contributed by atoms with Crippen LogP contribution in [0.5, 0.6) is 0 Å². The van der Waals surface area contributed by atoms with Crippen molar-refractivity contribution in [2.75, 3.05) is 20.6 Å². The van der Waals surface area contributed by atoms with Gasteiger partial charge in [0, 0.05) is 13.0 Å². The van der Waals surface area contributed by atoms with Crippen LogP contribution in [0.3, 0.4) is 0 Å². The molecule has 1 heterocycles. The van der Waals surface area contributed by atoms with Crippen molar-refractivity contribution in [2.24, 2.45) is 0 Å². The lowest BCUT2D eigenvalue weighted by molar-refractivity contribution is -0.151. The number of carbonyl (C=O) groups excluding carboxylic acids is 1. The van der Waals surface area contributed by atoms with E-state index in [1.807, 2.05) is 24.3 Å². The number of amides is 1. The van der Waals surface area contributed by atoms with Gasteiger partial charge in [-0.25, -0.2) is 4.79 Å². The zero-order valence-electron chi connectivity index (χ0n) is 11.2. The van der Waals surface area contributed by atoms with Crippen molar-refractivity contribution in [1.82, 2.24) is 9.80 Å². The first kappa shape index (κ1) is 13.5. The third-order valence-corrected chi connectivity index (χ3v) is 3.31. The van der Waals surface area contributed by atoms with Gasteiger partial charge in [-0.3, -0.25) is 4.79 Å². The molecular formula is C14H18N2O3. The maximum atomic E-state index is 12.2. The average molecular weight is 262 g/mol. The Labute approximate surface area is 112 Å². The smallest absolute Gasteiger partial charge is 0.326 e. The fourth-order valence-corrected chi connectivity index (χ4v) is 2.37. The Morgan fingerprint density at radius 3 is 2.53 bits per heavy atom. The minimum Gasteiger partial charge on any atom is -0.480 e. The molecule has 0 spiro atoms. The van der Waals surface area contributed by atoms with Crippen LogP contribution in [0.15, 0.2) is 24.3 Å². The first-order valence-corrected chi connectivity index (χ1v) is 6.23. The van der Waals surface area contributed by atoms with E-state index in [9.17, 15) is 14.7 Å². The Morgan fingerprint density at radius 2 is 1.95 bits per heavy atom. The number of nitrogens with zero attached hydrogens (tertiary/aromatic N) is 2. The van der Waals surface area contributed by atoms with Gasteiger partial charge in [-0.2, -0.15) is 0 Å². The van der Waals surface area contributed by atoms with Gasteiger partial charge in [-0.1, -0.05) is 24.3 Å². The molecule has 1 N–H and O–H groups in total. The minimum absolute atomic E-state index is 0.146. The van der Waals surface area contributed by atoms with Crippen LogP contribution in [-0.2, 0) is 22.6 Å². The normalized spacial score (nSPS) is 18.3. The summed E-state index contributed by atoms with van der Waals surface area (Å²) in [6, 6.07) is 6.92. The van der Waals surface area contributed by atoms with Crippen LogP contribution in [0.25, 0.3) is 0 Å². The summed E-state index contributed by atoms with van der Waals surface area (Å²) in [5, 5.41) is 9.31. The van der Waals surface area contributed by atoms with E-state index in [4.69, 9.17) is 0 Å². The summed E-state index contributed by atoms with van der Waals surface area (Å²) in [7, 11) is 3.59. The predicted octanol–water partition coefficient (Wildman–Crippen LogP) is 0.586. The summed E-state index contributed by atoms with van der Waals surface area (Å²) in [6.45, 7) is 0.603. The molecule has 1 aromatic carbocycles. The molecule has 1 aliphatic heterocycles. The van der Waals surface area contributed by atoms with Crippen LogP contribution < -0.4 is 0 Å². The number of aliphatic carboxylic acids is 1. The van der Waals surface area contributed by atoms with Crippen molar-refractivity contribution in [3.05, 3.63) is 35.4 Å². The highest BCUT2D eigenvalue weighted by Gasteiger charge is 2.34. The van der Waals surface area contributed by atoms with Crippen molar-refractivity contribution >= 4 is 11.9 Å². The number of likely N-dealkylation sites (N-methyl/N-ethyl adjacent to an activating group) is 1. The van der Waals surface area contributed by atoms with Crippen molar-refractivity contribution in [3.8, 4) is 0 Å². The fourth-order valence-electron chi connectivity index (χ4n) is 2.37. The van der Waals surface area contributed by atoms with E-state index in [1.54, 1.807) is 19.0 Å². The van der Waals surface area contributed by atoms with Crippen LogP contribution in [-0.4, -0.2) is 53.5 Å². The quantitative estimate of drug-likeness (QED) is 0.866. The Morgan fingerprint density at radius 1 is 1.32 bits per heavy atom. The highest BCUT2D eigenvalue weighted by Crippen LogP contribution is 2.23. The zero-order chi connectivity index (χ0) is 14.0. The highest BCUT2D eigenvalue weighted by atomic mass is 16.4. The van der Waals surface area contributed by atoms with Gasteiger partial charge in [-0.15, -0.1) is 0 Å². The van der Waals surface area contributed by atoms with Crippen LogP contribution in [0.4, 0.5) is 0 Å². The summed E-state index contributed by atoms with van der Waals surface area (Å²) >= 11 is 0. The molecule has 102 valence electrons. The molecule has 2 rings (SSSR count). The summed E-state index contributed by atoms with van der Waals surface area (Å²) in [6.07, 6.45) is 0.380. The maximum Gasteiger partial charge on any atom is 0.326 e. The Kier molecular flexibility index (Phi) is 3.85. The van der Waals surface area contributed by atoms with Gasteiger partial charge in [0.15, 0.2) is 0 Å². The van der Waals surface area contributed by atoms with E-state index in [0.717, 1.165) is 11.1 Å². The first-order chi connectivity index (χ1) is 8.99. The Bertz CT molecular complexity index is 499. The SMILES string of the molecule is CN(C)CC(=O)N1Cc2ccccc2C[C@H]1C(=O)O. The van der Waals surface area contributed by atoms with Gasteiger partial charge < -0.3 is 14.9 Å². The van der Waals surface area contributed by atoms with Gasteiger partial charge in [0.1, 0.15) is 6.04 Å². The molecule has 0 fully saturated rings. The number of fused-ring (bicyclic) bond motifs is 1. The number of rotatable bonds is 3. The van der Waals surface area contributed by atoms with Gasteiger partial charge >= 0.3 is 5.97 Å². The van der Waals surface area contributed by atoms with Crippen LogP contribution in [0.2, 0.25) is 0 Å². The van der Waals surface area contributed by atoms with Crippen molar-refractivity contribution < 1.29 is 14.7 Å². The highest BCUT2D eigenvalue weighted by molar-refractivity contribution is 5.85. The van der Waals surface area contributed by atoms with Crippen molar-refractivity contribution in [3.63, 3.8) is 0 Å². The van der Waals surface area contributed by atoms with Crippen molar-refractivity contribution in [1.29, 1.82) is 0 Å². The molecule has 0 aliphatic carbocycles. The molecular weight excluding hydrogens is 244 g/mol. The molecule has 5 nitrogen and oxygen atoms in total. The molecule has 19 heavy (non-hydrogen) atoms. The first-order valence-electron chi connectivity index (χ1n) is 6.23. The maximum absolute atomic E-state index is 12.2. The second-order valence-corrected chi connectivity index (χ2v) is 5.09.